The fourth-order valence-electron chi connectivity index (χ4n) is 2.06. The van der Waals surface area contributed by atoms with E-state index in [2.05, 4.69) is 5.32 Å². The summed E-state index contributed by atoms with van der Waals surface area (Å²) in [5, 5.41) is 2.84. The number of para-hydroxylation sites is 1. The van der Waals surface area contributed by atoms with Crippen LogP contribution in [0.15, 0.2) is 48.5 Å². The van der Waals surface area contributed by atoms with Crippen LogP contribution in [0, 0.1) is 0 Å². The van der Waals surface area contributed by atoms with Gasteiger partial charge in [-0.3, -0.25) is 4.79 Å². The van der Waals surface area contributed by atoms with Gasteiger partial charge in [-0.25, -0.2) is 0 Å². The third-order valence-electron chi connectivity index (χ3n) is 3.14. The number of hydrogen-bond acceptors (Lipinski definition) is 4. The van der Waals surface area contributed by atoms with Crippen LogP contribution in [-0.4, -0.2) is 32.8 Å². The molecule has 0 aliphatic heterocycles. The Hall–Kier alpha value is -2.53. The summed E-state index contributed by atoms with van der Waals surface area (Å²) < 4.78 is 16.0. The highest BCUT2D eigenvalue weighted by Gasteiger charge is 2.11. The van der Waals surface area contributed by atoms with Crippen LogP contribution in [0.2, 0.25) is 0 Å². The van der Waals surface area contributed by atoms with Crippen molar-refractivity contribution in [1.29, 1.82) is 0 Å². The fourth-order valence-corrected chi connectivity index (χ4v) is 2.06. The summed E-state index contributed by atoms with van der Waals surface area (Å²) in [6.07, 6.45) is 0. The second-order valence-electron chi connectivity index (χ2n) is 4.73. The van der Waals surface area contributed by atoms with Crippen LogP contribution in [0.4, 0.5) is 5.69 Å². The first kappa shape index (κ1) is 16.8. The highest BCUT2D eigenvalue weighted by Crippen LogP contribution is 2.21. The molecular formula is C18H21NO4. The number of amides is 1. The van der Waals surface area contributed by atoms with Gasteiger partial charge in [-0.15, -0.1) is 0 Å². The van der Waals surface area contributed by atoms with Gasteiger partial charge < -0.3 is 19.5 Å². The van der Waals surface area contributed by atoms with Crippen molar-refractivity contribution in [1.82, 2.24) is 0 Å². The van der Waals surface area contributed by atoms with Gasteiger partial charge in [0.2, 0.25) is 0 Å². The van der Waals surface area contributed by atoms with Gasteiger partial charge in [-0.05, 0) is 31.2 Å². The Balaban J connectivity index is 2.01. The number of hydrogen-bond donors (Lipinski definition) is 1. The molecule has 0 fully saturated rings. The van der Waals surface area contributed by atoms with Crippen LogP contribution >= 0.6 is 0 Å². The Labute approximate surface area is 136 Å². The van der Waals surface area contributed by atoms with Crippen LogP contribution in [0.25, 0.3) is 0 Å². The molecule has 1 amide bonds. The van der Waals surface area contributed by atoms with Gasteiger partial charge in [0, 0.05) is 18.4 Å². The molecular weight excluding hydrogens is 294 g/mol. The summed E-state index contributed by atoms with van der Waals surface area (Å²) in [5.74, 6) is 0.991. The molecule has 0 radical (unpaired) electrons. The zero-order valence-corrected chi connectivity index (χ0v) is 13.4. The number of carbonyl (C=O) groups excluding carboxylic acids is 1. The molecule has 0 bridgehead atoms. The van der Waals surface area contributed by atoms with E-state index in [-0.39, 0.29) is 5.91 Å². The van der Waals surface area contributed by atoms with E-state index in [1.807, 2.05) is 31.2 Å². The zero-order chi connectivity index (χ0) is 16.5. The lowest BCUT2D eigenvalue weighted by molar-refractivity contribution is 0.102. The first-order valence-electron chi connectivity index (χ1n) is 7.49. The van der Waals surface area contributed by atoms with Crippen LogP contribution in [0.3, 0.4) is 0 Å². The summed E-state index contributed by atoms with van der Waals surface area (Å²) in [4.78, 5) is 12.4. The van der Waals surface area contributed by atoms with Crippen molar-refractivity contribution in [2.45, 2.75) is 6.92 Å². The number of benzene rings is 2. The lowest BCUT2D eigenvalue weighted by Gasteiger charge is -2.11. The molecule has 0 saturated heterocycles. The molecule has 5 nitrogen and oxygen atoms in total. The minimum absolute atomic E-state index is 0.228. The Morgan fingerprint density at radius 2 is 1.91 bits per heavy atom. The first-order chi connectivity index (χ1) is 11.2. The standard InChI is InChI=1S/C18H21NO4/c1-3-22-11-12-23-15-8-6-7-14(13-15)19-18(20)16-9-4-5-10-17(16)21-2/h4-10,13H,3,11-12H2,1-2H3,(H,19,20). The van der Waals surface area contributed by atoms with Gasteiger partial charge in [0.05, 0.1) is 19.3 Å². The second-order valence-corrected chi connectivity index (χ2v) is 4.73. The summed E-state index contributed by atoms with van der Waals surface area (Å²) in [6.45, 7) is 3.61. The van der Waals surface area contributed by atoms with E-state index in [1.165, 1.54) is 0 Å². The fraction of sp³-hybridized carbons (Fsp3) is 0.278. The first-order valence-corrected chi connectivity index (χ1v) is 7.49. The third kappa shape index (κ3) is 5.00. The molecule has 0 saturated carbocycles. The van der Waals surface area contributed by atoms with Crippen molar-refractivity contribution >= 4 is 11.6 Å². The van der Waals surface area contributed by atoms with E-state index in [4.69, 9.17) is 14.2 Å². The van der Waals surface area contributed by atoms with Crippen molar-refractivity contribution in [3.8, 4) is 11.5 Å². The predicted molar refractivity (Wildman–Crippen MR) is 89.4 cm³/mol. The Morgan fingerprint density at radius 1 is 1.09 bits per heavy atom. The molecule has 122 valence electrons. The van der Waals surface area contributed by atoms with E-state index in [9.17, 15) is 4.79 Å². The molecule has 2 aromatic rings. The van der Waals surface area contributed by atoms with Crippen LogP contribution in [0.5, 0.6) is 11.5 Å². The Bertz CT molecular complexity index is 642. The summed E-state index contributed by atoms with van der Waals surface area (Å²) >= 11 is 0. The molecule has 0 aliphatic rings. The molecule has 0 aliphatic carbocycles. The van der Waals surface area contributed by atoms with E-state index < -0.39 is 0 Å². The maximum atomic E-state index is 12.4. The summed E-state index contributed by atoms with van der Waals surface area (Å²) in [6, 6.07) is 14.3. The van der Waals surface area contributed by atoms with E-state index >= 15 is 0 Å². The normalized spacial score (nSPS) is 10.2. The molecule has 0 spiro atoms. The van der Waals surface area contributed by atoms with E-state index in [1.54, 1.807) is 31.4 Å². The average molecular weight is 315 g/mol. The van der Waals surface area contributed by atoms with Crippen molar-refractivity contribution in [3.05, 3.63) is 54.1 Å². The second kappa shape index (κ2) is 8.80. The molecule has 0 unspecified atom stereocenters. The minimum Gasteiger partial charge on any atom is -0.496 e. The van der Waals surface area contributed by atoms with Gasteiger partial charge in [-0.1, -0.05) is 18.2 Å². The van der Waals surface area contributed by atoms with Crippen molar-refractivity contribution < 1.29 is 19.0 Å². The molecule has 2 rings (SSSR count). The van der Waals surface area contributed by atoms with E-state index in [0.717, 1.165) is 0 Å². The van der Waals surface area contributed by atoms with Gasteiger partial charge in [0.25, 0.3) is 5.91 Å². The molecule has 2 aromatic carbocycles. The molecule has 0 atom stereocenters. The number of rotatable bonds is 8. The van der Waals surface area contributed by atoms with Crippen molar-refractivity contribution in [2.24, 2.45) is 0 Å². The highest BCUT2D eigenvalue weighted by atomic mass is 16.5. The largest absolute Gasteiger partial charge is 0.496 e. The van der Waals surface area contributed by atoms with Gasteiger partial charge >= 0.3 is 0 Å². The Morgan fingerprint density at radius 3 is 2.70 bits per heavy atom. The SMILES string of the molecule is CCOCCOc1cccc(NC(=O)c2ccccc2OC)c1. The number of methoxy groups -OCH3 is 1. The molecule has 1 N–H and O–H groups in total. The molecule has 23 heavy (non-hydrogen) atoms. The van der Waals surface area contributed by atoms with Gasteiger partial charge in [0.15, 0.2) is 0 Å². The van der Waals surface area contributed by atoms with Crippen LogP contribution in [-0.2, 0) is 4.74 Å². The van der Waals surface area contributed by atoms with Crippen LogP contribution < -0.4 is 14.8 Å². The van der Waals surface area contributed by atoms with Crippen LogP contribution in [0.1, 0.15) is 17.3 Å². The van der Waals surface area contributed by atoms with Gasteiger partial charge in [0.1, 0.15) is 18.1 Å². The quantitative estimate of drug-likeness (QED) is 0.759. The number of ether oxygens (including phenoxy) is 3. The summed E-state index contributed by atoms with van der Waals surface area (Å²) in [7, 11) is 1.54. The number of anilines is 1. The molecule has 0 aromatic heterocycles. The Kier molecular flexibility index (Phi) is 6.44. The predicted octanol–water partition coefficient (Wildman–Crippen LogP) is 3.36. The lowest BCUT2D eigenvalue weighted by Crippen LogP contribution is -2.13. The van der Waals surface area contributed by atoms with E-state index in [0.29, 0.717) is 42.6 Å². The molecule has 5 heteroatoms. The molecule has 0 heterocycles. The smallest absolute Gasteiger partial charge is 0.259 e. The minimum atomic E-state index is -0.228. The van der Waals surface area contributed by atoms with Crippen molar-refractivity contribution in [2.75, 3.05) is 32.2 Å². The topological polar surface area (TPSA) is 56.8 Å². The highest BCUT2D eigenvalue weighted by molar-refractivity contribution is 6.06. The summed E-state index contributed by atoms with van der Waals surface area (Å²) in [5.41, 5.74) is 1.15. The lowest BCUT2D eigenvalue weighted by atomic mass is 10.2. The monoisotopic (exact) mass is 315 g/mol. The third-order valence-corrected chi connectivity index (χ3v) is 3.14. The maximum absolute atomic E-state index is 12.4. The number of carbonyl (C=O) groups is 1. The number of nitrogens with one attached hydrogen (secondary N) is 1. The zero-order valence-electron chi connectivity index (χ0n) is 13.4. The van der Waals surface area contributed by atoms with Crippen molar-refractivity contribution in [3.63, 3.8) is 0 Å². The maximum Gasteiger partial charge on any atom is 0.259 e. The average Bonchev–Trinajstić information content (AvgIpc) is 2.59. The van der Waals surface area contributed by atoms with Gasteiger partial charge in [-0.2, -0.15) is 0 Å².